The summed E-state index contributed by atoms with van der Waals surface area (Å²) < 4.78 is 43.0. The van der Waals surface area contributed by atoms with Crippen molar-refractivity contribution in [1.82, 2.24) is 10.6 Å². The summed E-state index contributed by atoms with van der Waals surface area (Å²) in [5, 5.41) is 5.62. The summed E-state index contributed by atoms with van der Waals surface area (Å²) in [7, 11) is 0. The monoisotopic (exact) mass is 294 g/mol. The molecule has 0 aromatic heterocycles. The molecule has 1 amide bonds. The molecule has 0 aromatic rings. The van der Waals surface area contributed by atoms with Gasteiger partial charge in [0.25, 0.3) is 0 Å². The van der Waals surface area contributed by atoms with Crippen LogP contribution in [0, 0.1) is 5.92 Å². The van der Waals surface area contributed by atoms with Crippen molar-refractivity contribution >= 4 is 5.91 Å². The van der Waals surface area contributed by atoms with Crippen LogP contribution >= 0.6 is 0 Å². The van der Waals surface area contributed by atoms with Gasteiger partial charge in [0.2, 0.25) is 5.91 Å². The molecule has 2 rings (SSSR count). The minimum Gasteiger partial charge on any atom is -0.378 e. The van der Waals surface area contributed by atoms with Gasteiger partial charge < -0.3 is 15.4 Å². The molecule has 0 spiro atoms. The van der Waals surface area contributed by atoms with Crippen LogP contribution in [0.2, 0.25) is 0 Å². The van der Waals surface area contributed by atoms with E-state index in [-0.39, 0.29) is 37.4 Å². The van der Waals surface area contributed by atoms with E-state index in [1.54, 1.807) is 0 Å². The molecule has 4 atom stereocenters. The molecule has 2 aliphatic rings. The topological polar surface area (TPSA) is 50.4 Å². The van der Waals surface area contributed by atoms with Gasteiger partial charge in [-0.25, -0.2) is 0 Å². The van der Waals surface area contributed by atoms with Crippen LogP contribution < -0.4 is 10.6 Å². The van der Waals surface area contributed by atoms with Gasteiger partial charge in [0, 0.05) is 19.2 Å². The summed E-state index contributed by atoms with van der Waals surface area (Å²) in [6, 6.07) is -0.444. The molecule has 0 radical (unpaired) electrons. The molecule has 4 unspecified atom stereocenters. The fraction of sp³-hybridized carbons (Fsp3) is 0.923. The number of nitrogens with one attached hydrogen (secondary N) is 2. The Labute approximate surface area is 116 Å². The van der Waals surface area contributed by atoms with E-state index in [1.807, 2.05) is 6.92 Å². The molecule has 2 N–H and O–H groups in total. The van der Waals surface area contributed by atoms with Gasteiger partial charge in [-0.05, 0) is 32.6 Å². The minimum atomic E-state index is -4.18. The summed E-state index contributed by atoms with van der Waals surface area (Å²) in [5.74, 6) is -1.53. The number of hydrogen-bond donors (Lipinski definition) is 2. The van der Waals surface area contributed by atoms with Crippen molar-refractivity contribution in [3.05, 3.63) is 0 Å². The summed E-state index contributed by atoms with van der Waals surface area (Å²) in [6.07, 6.45) is -2.31. The minimum absolute atomic E-state index is 0.0127. The van der Waals surface area contributed by atoms with Crippen molar-refractivity contribution in [2.24, 2.45) is 5.92 Å². The van der Waals surface area contributed by atoms with Crippen LogP contribution in [0.15, 0.2) is 0 Å². The normalized spacial score (nSPS) is 35.6. The van der Waals surface area contributed by atoms with Gasteiger partial charge in [0.1, 0.15) is 0 Å². The lowest BCUT2D eigenvalue weighted by molar-refractivity contribution is -0.180. The number of amides is 1. The first-order chi connectivity index (χ1) is 9.36. The molecular weight excluding hydrogens is 273 g/mol. The number of carbonyl (C=O) groups excluding carboxylic acids is 1. The second-order valence-electron chi connectivity index (χ2n) is 5.69. The summed E-state index contributed by atoms with van der Waals surface area (Å²) in [4.78, 5) is 12.0. The van der Waals surface area contributed by atoms with Gasteiger partial charge in [-0.2, -0.15) is 13.2 Å². The molecule has 20 heavy (non-hydrogen) atoms. The summed E-state index contributed by atoms with van der Waals surface area (Å²) in [5.41, 5.74) is 0. The average molecular weight is 294 g/mol. The maximum atomic E-state index is 12.5. The Morgan fingerprint density at radius 2 is 2.05 bits per heavy atom. The van der Waals surface area contributed by atoms with Crippen LogP contribution in [-0.4, -0.2) is 43.4 Å². The molecule has 2 fully saturated rings. The van der Waals surface area contributed by atoms with Gasteiger partial charge in [-0.3, -0.25) is 4.79 Å². The Kier molecular flexibility index (Phi) is 4.90. The van der Waals surface area contributed by atoms with E-state index in [2.05, 4.69) is 10.6 Å². The standard InChI is InChI=1S/C13H21F3N2O2/c1-8-6-10(4-5-20-8)18-12(19)11-3-2-9(7-17-11)13(14,15)16/h8-11,17H,2-7H2,1H3,(H,18,19). The van der Waals surface area contributed by atoms with Crippen molar-refractivity contribution in [3.8, 4) is 0 Å². The van der Waals surface area contributed by atoms with Crippen molar-refractivity contribution in [2.45, 2.75) is 57.0 Å². The molecule has 0 aromatic carbocycles. The fourth-order valence-corrected chi connectivity index (χ4v) is 2.79. The Bertz CT molecular complexity index is 341. The fourth-order valence-electron chi connectivity index (χ4n) is 2.79. The Morgan fingerprint density at radius 1 is 1.30 bits per heavy atom. The van der Waals surface area contributed by atoms with E-state index in [0.29, 0.717) is 6.61 Å². The zero-order valence-electron chi connectivity index (χ0n) is 11.5. The van der Waals surface area contributed by atoms with Crippen LogP contribution in [0.4, 0.5) is 13.2 Å². The quantitative estimate of drug-likeness (QED) is 0.813. The third kappa shape index (κ3) is 4.09. The molecule has 7 heteroatoms. The van der Waals surface area contributed by atoms with Crippen LogP contribution in [0.3, 0.4) is 0 Å². The predicted octanol–water partition coefficient (Wildman–Crippen LogP) is 1.60. The number of alkyl halides is 3. The smallest absolute Gasteiger partial charge is 0.378 e. The highest BCUT2D eigenvalue weighted by Crippen LogP contribution is 2.32. The van der Waals surface area contributed by atoms with Gasteiger partial charge in [0.05, 0.1) is 18.1 Å². The number of rotatable bonds is 2. The second kappa shape index (κ2) is 6.30. The van der Waals surface area contributed by atoms with Gasteiger partial charge >= 0.3 is 6.18 Å². The first kappa shape index (κ1) is 15.6. The third-order valence-electron chi connectivity index (χ3n) is 4.03. The lowest BCUT2D eigenvalue weighted by Gasteiger charge is -2.33. The number of carbonyl (C=O) groups is 1. The molecule has 2 saturated heterocycles. The highest BCUT2D eigenvalue weighted by molar-refractivity contribution is 5.82. The lowest BCUT2D eigenvalue weighted by atomic mass is 9.93. The highest BCUT2D eigenvalue weighted by atomic mass is 19.4. The van der Waals surface area contributed by atoms with Crippen LogP contribution in [0.25, 0.3) is 0 Å². The molecule has 2 aliphatic heterocycles. The molecule has 2 heterocycles. The molecule has 0 bridgehead atoms. The van der Waals surface area contributed by atoms with E-state index in [0.717, 1.165) is 12.8 Å². The van der Waals surface area contributed by atoms with E-state index < -0.39 is 18.1 Å². The SMILES string of the molecule is CC1CC(NC(=O)C2CCC(C(F)(F)F)CN2)CCO1. The predicted molar refractivity (Wildman–Crippen MR) is 67.1 cm³/mol. The molecule has 0 aliphatic carbocycles. The number of hydrogen-bond acceptors (Lipinski definition) is 3. The van der Waals surface area contributed by atoms with Crippen molar-refractivity contribution in [2.75, 3.05) is 13.2 Å². The maximum absolute atomic E-state index is 12.5. The van der Waals surface area contributed by atoms with Crippen LogP contribution in [-0.2, 0) is 9.53 Å². The Morgan fingerprint density at radius 3 is 2.60 bits per heavy atom. The van der Waals surface area contributed by atoms with Crippen LogP contribution in [0.1, 0.15) is 32.6 Å². The molecule has 116 valence electrons. The molecule has 0 saturated carbocycles. The van der Waals surface area contributed by atoms with Gasteiger partial charge in [-0.15, -0.1) is 0 Å². The molecule has 4 nitrogen and oxygen atoms in total. The highest BCUT2D eigenvalue weighted by Gasteiger charge is 2.42. The third-order valence-corrected chi connectivity index (χ3v) is 4.03. The van der Waals surface area contributed by atoms with E-state index in [1.165, 1.54) is 0 Å². The first-order valence-electron chi connectivity index (χ1n) is 7.08. The summed E-state index contributed by atoms with van der Waals surface area (Å²) in [6.45, 7) is 2.39. The van der Waals surface area contributed by atoms with Crippen molar-refractivity contribution in [3.63, 3.8) is 0 Å². The zero-order chi connectivity index (χ0) is 14.8. The van der Waals surface area contributed by atoms with Crippen molar-refractivity contribution < 1.29 is 22.7 Å². The van der Waals surface area contributed by atoms with E-state index in [4.69, 9.17) is 4.74 Å². The van der Waals surface area contributed by atoms with E-state index in [9.17, 15) is 18.0 Å². The van der Waals surface area contributed by atoms with Gasteiger partial charge in [0.15, 0.2) is 0 Å². The summed E-state index contributed by atoms with van der Waals surface area (Å²) >= 11 is 0. The van der Waals surface area contributed by atoms with Crippen molar-refractivity contribution in [1.29, 1.82) is 0 Å². The van der Waals surface area contributed by atoms with E-state index >= 15 is 0 Å². The largest absolute Gasteiger partial charge is 0.393 e. The maximum Gasteiger partial charge on any atom is 0.393 e. The second-order valence-corrected chi connectivity index (χ2v) is 5.69. The first-order valence-corrected chi connectivity index (χ1v) is 7.08. The average Bonchev–Trinajstić information content (AvgIpc) is 2.38. The zero-order valence-corrected chi connectivity index (χ0v) is 11.5. The van der Waals surface area contributed by atoms with Crippen LogP contribution in [0.5, 0.6) is 0 Å². The Hall–Kier alpha value is -0.820. The Balaban J connectivity index is 1.77. The number of ether oxygens (including phenoxy) is 1. The number of piperidine rings is 1. The molecular formula is C13H21F3N2O2. The van der Waals surface area contributed by atoms with Gasteiger partial charge in [-0.1, -0.05) is 0 Å². The lowest BCUT2D eigenvalue weighted by Crippen LogP contribution is -2.54. The number of halogens is 3.